The van der Waals surface area contributed by atoms with Crippen molar-refractivity contribution in [2.75, 3.05) is 13.1 Å². The number of hydrogen-bond donors (Lipinski definition) is 1. The molecule has 2 rings (SSSR count). The number of hydrogen-bond acceptors (Lipinski definition) is 3. The molecule has 122 valence electrons. The number of amides is 1. The van der Waals surface area contributed by atoms with Crippen LogP contribution in [0.25, 0.3) is 0 Å². The summed E-state index contributed by atoms with van der Waals surface area (Å²) in [6, 6.07) is 8.32. The Balaban J connectivity index is 2.00. The average Bonchev–Trinajstić information content (AvgIpc) is 2.46. The lowest BCUT2D eigenvalue weighted by Gasteiger charge is -2.36. The van der Waals surface area contributed by atoms with Crippen LogP contribution in [-0.2, 0) is 4.74 Å². The summed E-state index contributed by atoms with van der Waals surface area (Å²) >= 11 is 0. The second kappa shape index (κ2) is 6.69. The Kier molecular flexibility index (Phi) is 5.12. The van der Waals surface area contributed by atoms with E-state index in [4.69, 9.17) is 10.5 Å². The highest BCUT2D eigenvalue weighted by molar-refractivity contribution is 5.68. The van der Waals surface area contributed by atoms with Crippen LogP contribution in [0.4, 0.5) is 4.79 Å². The quantitative estimate of drug-likeness (QED) is 0.907. The van der Waals surface area contributed by atoms with E-state index < -0.39 is 5.60 Å². The molecule has 1 amide bonds. The predicted octanol–water partition coefficient (Wildman–Crippen LogP) is 3.64. The summed E-state index contributed by atoms with van der Waals surface area (Å²) in [6.07, 6.45) is 1.80. The van der Waals surface area contributed by atoms with Gasteiger partial charge in [0.1, 0.15) is 5.60 Å². The third kappa shape index (κ3) is 4.47. The van der Waals surface area contributed by atoms with Crippen molar-refractivity contribution >= 4 is 6.09 Å². The highest BCUT2D eigenvalue weighted by Gasteiger charge is 2.30. The molecule has 22 heavy (non-hydrogen) atoms. The fourth-order valence-corrected chi connectivity index (χ4v) is 2.86. The Morgan fingerprint density at radius 2 is 1.95 bits per heavy atom. The molecular formula is C18H28N2O2. The van der Waals surface area contributed by atoms with E-state index in [-0.39, 0.29) is 18.1 Å². The molecule has 0 aliphatic carbocycles. The fourth-order valence-electron chi connectivity index (χ4n) is 2.86. The Bertz CT molecular complexity index is 505. The molecule has 0 spiro atoms. The van der Waals surface area contributed by atoms with Gasteiger partial charge in [-0.3, -0.25) is 0 Å². The second-order valence-electron chi connectivity index (χ2n) is 7.27. The number of aryl methyl sites for hydroxylation is 1. The van der Waals surface area contributed by atoms with Crippen molar-refractivity contribution < 1.29 is 9.53 Å². The molecule has 1 aromatic carbocycles. The monoisotopic (exact) mass is 304 g/mol. The van der Waals surface area contributed by atoms with Gasteiger partial charge in [0.05, 0.1) is 0 Å². The van der Waals surface area contributed by atoms with Crippen LogP contribution in [-0.4, -0.2) is 29.7 Å². The normalized spacial score (nSPS) is 20.6. The summed E-state index contributed by atoms with van der Waals surface area (Å²) in [5, 5.41) is 0. The lowest BCUT2D eigenvalue weighted by molar-refractivity contribution is 0.0152. The maximum atomic E-state index is 12.2. The zero-order valence-electron chi connectivity index (χ0n) is 14.1. The number of piperidine rings is 1. The maximum absolute atomic E-state index is 12.2. The highest BCUT2D eigenvalue weighted by atomic mass is 16.6. The number of ether oxygens (including phenoxy) is 1. The van der Waals surface area contributed by atoms with Gasteiger partial charge in [0.15, 0.2) is 0 Å². The third-order valence-electron chi connectivity index (χ3n) is 4.08. The molecule has 1 aliphatic heterocycles. The molecule has 2 atom stereocenters. The number of carbonyl (C=O) groups is 1. The summed E-state index contributed by atoms with van der Waals surface area (Å²) in [6.45, 7) is 9.18. The van der Waals surface area contributed by atoms with Crippen LogP contribution in [0.3, 0.4) is 0 Å². The van der Waals surface area contributed by atoms with Crippen LogP contribution < -0.4 is 5.73 Å². The number of nitrogens with two attached hydrogens (primary N) is 1. The van der Waals surface area contributed by atoms with E-state index in [0.29, 0.717) is 6.54 Å². The summed E-state index contributed by atoms with van der Waals surface area (Å²) in [4.78, 5) is 14.0. The summed E-state index contributed by atoms with van der Waals surface area (Å²) in [7, 11) is 0. The van der Waals surface area contributed by atoms with Gasteiger partial charge >= 0.3 is 6.09 Å². The van der Waals surface area contributed by atoms with Crippen molar-refractivity contribution in [1.82, 2.24) is 4.90 Å². The van der Waals surface area contributed by atoms with Gasteiger partial charge in [-0.1, -0.05) is 29.8 Å². The van der Waals surface area contributed by atoms with E-state index in [2.05, 4.69) is 31.2 Å². The number of rotatable bonds is 2. The molecule has 0 radical (unpaired) electrons. The Morgan fingerprint density at radius 1 is 1.32 bits per heavy atom. The SMILES string of the molecule is Cc1ccc(C(N)C2CCCN(C(=O)OC(C)(C)C)C2)cc1. The lowest BCUT2D eigenvalue weighted by atomic mass is 9.87. The minimum absolute atomic E-state index is 0.0363. The van der Waals surface area contributed by atoms with Crippen molar-refractivity contribution in [3.63, 3.8) is 0 Å². The van der Waals surface area contributed by atoms with Crippen molar-refractivity contribution in [1.29, 1.82) is 0 Å². The Hall–Kier alpha value is -1.55. The number of benzene rings is 1. The van der Waals surface area contributed by atoms with Crippen LogP contribution in [0.5, 0.6) is 0 Å². The molecule has 2 unspecified atom stereocenters. The minimum Gasteiger partial charge on any atom is -0.444 e. The number of carbonyl (C=O) groups excluding carboxylic acids is 1. The highest BCUT2D eigenvalue weighted by Crippen LogP contribution is 2.29. The molecule has 4 nitrogen and oxygen atoms in total. The van der Waals surface area contributed by atoms with Crippen molar-refractivity contribution in [2.45, 2.75) is 52.2 Å². The van der Waals surface area contributed by atoms with Crippen LogP contribution >= 0.6 is 0 Å². The third-order valence-corrected chi connectivity index (χ3v) is 4.08. The lowest BCUT2D eigenvalue weighted by Crippen LogP contribution is -2.45. The zero-order chi connectivity index (χ0) is 16.3. The predicted molar refractivity (Wildman–Crippen MR) is 88.6 cm³/mol. The van der Waals surface area contributed by atoms with E-state index in [9.17, 15) is 4.79 Å². The zero-order valence-corrected chi connectivity index (χ0v) is 14.1. The molecule has 1 saturated heterocycles. The molecule has 1 aliphatic rings. The van der Waals surface area contributed by atoms with Gasteiger partial charge in [-0.05, 0) is 52.0 Å². The topological polar surface area (TPSA) is 55.6 Å². The van der Waals surface area contributed by atoms with Gasteiger partial charge in [0, 0.05) is 19.1 Å². The summed E-state index contributed by atoms with van der Waals surface area (Å²) < 4.78 is 5.47. The largest absolute Gasteiger partial charge is 0.444 e. The Labute approximate surface area is 133 Å². The van der Waals surface area contributed by atoms with Crippen molar-refractivity contribution in [2.24, 2.45) is 11.7 Å². The van der Waals surface area contributed by atoms with E-state index in [1.54, 1.807) is 4.90 Å². The van der Waals surface area contributed by atoms with Crippen LogP contribution in [0.2, 0.25) is 0 Å². The molecule has 4 heteroatoms. The maximum Gasteiger partial charge on any atom is 0.410 e. The van der Waals surface area contributed by atoms with E-state index in [1.165, 1.54) is 5.56 Å². The first-order chi connectivity index (χ1) is 10.3. The number of likely N-dealkylation sites (tertiary alicyclic amines) is 1. The molecule has 1 aromatic rings. The number of nitrogens with zero attached hydrogens (tertiary/aromatic N) is 1. The second-order valence-corrected chi connectivity index (χ2v) is 7.27. The van der Waals surface area contributed by atoms with Crippen molar-refractivity contribution in [3.8, 4) is 0 Å². The fraction of sp³-hybridized carbons (Fsp3) is 0.611. The summed E-state index contributed by atoms with van der Waals surface area (Å²) in [5.74, 6) is 0.281. The van der Waals surface area contributed by atoms with Gasteiger partial charge in [0.2, 0.25) is 0 Å². The van der Waals surface area contributed by atoms with Gasteiger partial charge < -0.3 is 15.4 Å². The smallest absolute Gasteiger partial charge is 0.410 e. The van der Waals surface area contributed by atoms with Gasteiger partial charge in [-0.2, -0.15) is 0 Å². The molecule has 0 aromatic heterocycles. The first-order valence-corrected chi connectivity index (χ1v) is 8.06. The minimum atomic E-state index is -0.455. The first kappa shape index (κ1) is 16.8. The molecule has 1 heterocycles. The van der Waals surface area contributed by atoms with Crippen LogP contribution in [0.15, 0.2) is 24.3 Å². The van der Waals surface area contributed by atoms with Crippen LogP contribution in [0, 0.1) is 12.8 Å². The first-order valence-electron chi connectivity index (χ1n) is 8.06. The Morgan fingerprint density at radius 3 is 2.55 bits per heavy atom. The molecular weight excluding hydrogens is 276 g/mol. The molecule has 1 fully saturated rings. The summed E-state index contributed by atoms with van der Waals surface area (Å²) in [5.41, 5.74) is 8.35. The molecule has 0 saturated carbocycles. The molecule has 0 bridgehead atoms. The van der Waals surface area contributed by atoms with Crippen LogP contribution in [0.1, 0.15) is 50.8 Å². The average molecular weight is 304 g/mol. The van der Waals surface area contributed by atoms with E-state index in [1.807, 2.05) is 20.8 Å². The van der Waals surface area contributed by atoms with Gasteiger partial charge in [-0.25, -0.2) is 4.79 Å². The standard InChI is InChI=1S/C18H28N2O2/c1-13-7-9-14(10-8-13)16(19)15-6-5-11-20(12-15)17(21)22-18(2,3)4/h7-10,15-16H,5-6,11-12,19H2,1-4H3. The molecule has 2 N–H and O–H groups in total. The van der Waals surface area contributed by atoms with E-state index >= 15 is 0 Å². The van der Waals surface area contributed by atoms with Gasteiger partial charge in [0.25, 0.3) is 0 Å². The van der Waals surface area contributed by atoms with E-state index in [0.717, 1.165) is 24.9 Å². The van der Waals surface area contributed by atoms with Crippen molar-refractivity contribution in [3.05, 3.63) is 35.4 Å². The van der Waals surface area contributed by atoms with Gasteiger partial charge in [-0.15, -0.1) is 0 Å².